The Morgan fingerprint density at radius 2 is 2.11 bits per heavy atom. The maximum atomic E-state index is 11.0. The molecule has 0 spiro atoms. The average molecular weight is 278 g/mol. The number of pyridine rings is 1. The number of methoxy groups -OCH3 is 1. The highest BCUT2D eigenvalue weighted by molar-refractivity contribution is 6.30. The zero-order valence-corrected chi connectivity index (χ0v) is 10.9. The van der Waals surface area contributed by atoms with Crippen LogP contribution in [0.2, 0.25) is 5.02 Å². The third kappa shape index (κ3) is 3.86. The summed E-state index contributed by atoms with van der Waals surface area (Å²) in [7, 11) is 1.30. The van der Waals surface area contributed by atoms with Crippen molar-refractivity contribution in [2.75, 3.05) is 17.7 Å². The number of hydrogen-bond donors (Lipinski definition) is 2. The zero-order valence-electron chi connectivity index (χ0n) is 10.2. The van der Waals surface area contributed by atoms with Gasteiger partial charge in [-0.25, -0.2) is 9.78 Å². The highest BCUT2D eigenvalue weighted by Gasteiger charge is 2.02. The van der Waals surface area contributed by atoms with Crippen LogP contribution >= 0.6 is 11.6 Å². The van der Waals surface area contributed by atoms with Gasteiger partial charge >= 0.3 is 6.09 Å². The lowest BCUT2D eigenvalue weighted by Gasteiger charge is -2.07. The van der Waals surface area contributed by atoms with Crippen LogP contribution in [-0.4, -0.2) is 18.2 Å². The summed E-state index contributed by atoms with van der Waals surface area (Å²) in [6.07, 6.45) is 1.05. The van der Waals surface area contributed by atoms with Crippen molar-refractivity contribution in [3.8, 4) is 0 Å². The first kappa shape index (κ1) is 13.2. The quantitative estimate of drug-likeness (QED) is 0.899. The third-order valence-corrected chi connectivity index (χ3v) is 2.53. The fourth-order valence-corrected chi connectivity index (χ4v) is 1.62. The van der Waals surface area contributed by atoms with Gasteiger partial charge in [-0.3, -0.25) is 5.32 Å². The van der Waals surface area contributed by atoms with Gasteiger partial charge in [0.05, 0.1) is 19.0 Å². The Kier molecular flexibility index (Phi) is 4.20. The molecule has 19 heavy (non-hydrogen) atoms. The Bertz CT molecular complexity index is 572. The van der Waals surface area contributed by atoms with E-state index in [0.717, 1.165) is 11.4 Å². The minimum atomic E-state index is -0.553. The molecule has 1 aromatic carbocycles. The third-order valence-electron chi connectivity index (χ3n) is 2.29. The summed E-state index contributed by atoms with van der Waals surface area (Å²) in [4.78, 5) is 15.1. The van der Waals surface area contributed by atoms with E-state index in [4.69, 9.17) is 11.6 Å². The summed E-state index contributed by atoms with van der Waals surface area (Å²) in [5.74, 6) is 0.420. The Labute approximate surface area is 115 Å². The molecular formula is C13H12ClN3O2. The number of amides is 1. The van der Waals surface area contributed by atoms with E-state index in [9.17, 15) is 4.79 Å². The molecule has 1 amide bonds. The standard InChI is InChI=1S/C13H12ClN3O2/c1-19-13(18)17-12-6-5-11(8-15-12)16-10-4-2-3-9(14)7-10/h2-8,16H,1H3,(H,15,17,18). The van der Waals surface area contributed by atoms with Crippen molar-refractivity contribution in [3.05, 3.63) is 47.6 Å². The van der Waals surface area contributed by atoms with E-state index in [1.54, 1.807) is 24.4 Å². The van der Waals surface area contributed by atoms with Gasteiger partial charge < -0.3 is 10.1 Å². The molecule has 0 radical (unpaired) electrons. The number of halogens is 1. The van der Waals surface area contributed by atoms with Crippen LogP contribution in [0.4, 0.5) is 22.0 Å². The predicted octanol–water partition coefficient (Wildman–Crippen LogP) is 3.66. The molecule has 5 nitrogen and oxygen atoms in total. The van der Waals surface area contributed by atoms with E-state index >= 15 is 0 Å². The number of anilines is 3. The van der Waals surface area contributed by atoms with Crippen LogP contribution in [0.1, 0.15) is 0 Å². The van der Waals surface area contributed by atoms with E-state index in [0.29, 0.717) is 10.8 Å². The van der Waals surface area contributed by atoms with Gasteiger partial charge in [-0.2, -0.15) is 0 Å². The second kappa shape index (κ2) is 6.06. The molecule has 0 bridgehead atoms. The predicted molar refractivity (Wildman–Crippen MR) is 75.0 cm³/mol. The number of aromatic nitrogens is 1. The van der Waals surface area contributed by atoms with Gasteiger partial charge in [0.2, 0.25) is 0 Å². The van der Waals surface area contributed by atoms with E-state index < -0.39 is 6.09 Å². The molecule has 2 rings (SSSR count). The zero-order chi connectivity index (χ0) is 13.7. The second-order valence-corrected chi connectivity index (χ2v) is 4.12. The van der Waals surface area contributed by atoms with Crippen molar-refractivity contribution in [1.82, 2.24) is 4.98 Å². The minimum Gasteiger partial charge on any atom is -0.453 e. The van der Waals surface area contributed by atoms with Crippen molar-refractivity contribution in [2.45, 2.75) is 0 Å². The first-order valence-electron chi connectivity index (χ1n) is 5.51. The van der Waals surface area contributed by atoms with Gasteiger partial charge in [0, 0.05) is 10.7 Å². The van der Waals surface area contributed by atoms with Crippen LogP contribution in [0.15, 0.2) is 42.6 Å². The molecule has 0 saturated heterocycles. The SMILES string of the molecule is COC(=O)Nc1ccc(Nc2cccc(Cl)c2)cn1. The molecule has 0 aliphatic heterocycles. The van der Waals surface area contributed by atoms with Gasteiger partial charge in [-0.05, 0) is 30.3 Å². The van der Waals surface area contributed by atoms with Crippen LogP contribution < -0.4 is 10.6 Å². The fourth-order valence-electron chi connectivity index (χ4n) is 1.43. The van der Waals surface area contributed by atoms with Gasteiger partial charge in [-0.15, -0.1) is 0 Å². The number of ether oxygens (including phenoxy) is 1. The number of hydrogen-bond acceptors (Lipinski definition) is 4. The number of nitrogens with one attached hydrogen (secondary N) is 2. The van der Waals surface area contributed by atoms with Crippen LogP contribution in [-0.2, 0) is 4.74 Å². The summed E-state index contributed by atoms with van der Waals surface area (Å²) in [5.41, 5.74) is 1.65. The molecule has 2 aromatic rings. The van der Waals surface area contributed by atoms with Gasteiger partial charge in [0.15, 0.2) is 0 Å². The van der Waals surface area contributed by atoms with Crippen molar-refractivity contribution in [2.24, 2.45) is 0 Å². The Morgan fingerprint density at radius 3 is 2.74 bits per heavy atom. The Hall–Kier alpha value is -2.27. The van der Waals surface area contributed by atoms with Crippen LogP contribution in [0.25, 0.3) is 0 Å². The summed E-state index contributed by atoms with van der Waals surface area (Å²) < 4.78 is 4.47. The minimum absolute atomic E-state index is 0.420. The molecule has 0 aliphatic rings. The first-order chi connectivity index (χ1) is 9.17. The maximum Gasteiger partial charge on any atom is 0.412 e. The summed E-state index contributed by atoms with van der Waals surface area (Å²) in [6, 6.07) is 10.8. The monoisotopic (exact) mass is 277 g/mol. The van der Waals surface area contributed by atoms with Crippen molar-refractivity contribution in [3.63, 3.8) is 0 Å². The Balaban J connectivity index is 2.04. The van der Waals surface area contributed by atoms with E-state index in [1.165, 1.54) is 7.11 Å². The Morgan fingerprint density at radius 1 is 1.26 bits per heavy atom. The second-order valence-electron chi connectivity index (χ2n) is 3.68. The van der Waals surface area contributed by atoms with Gasteiger partial charge in [0.25, 0.3) is 0 Å². The summed E-state index contributed by atoms with van der Waals surface area (Å²) >= 11 is 5.89. The number of benzene rings is 1. The smallest absolute Gasteiger partial charge is 0.412 e. The molecule has 0 unspecified atom stereocenters. The van der Waals surface area contributed by atoms with Crippen molar-refractivity contribution >= 4 is 34.9 Å². The maximum absolute atomic E-state index is 11.0. The van der Waals surface area contributed by atoms with Gasteiger partial charge in [0.1, 0.15) is 5.82 Å². The van der Waals surface area contributed by atoms with Crippen molar-refractivity contribution in [1.29, 1.82) is 0 Å². The lowest BCUT2D eigenvalue weighted by Crippen LogP contribution is -2.11. The molecule has 1 aromatic heterocycles. The van der Waals surface area contributed by atoms with E-state index in [-0.39, 0.29) is 0 Å². The molecule has 98 valence electrons. The van der Waals surface area contributed by atoms with Crippen LogP contribution in [0, 0.1) is 0 Å². The van der Waals surface area contributed by atoms with Crippen molar-refractivity contribution < 1.29 is 9.53 Å². The average Bonchev–Trinajstić information content (AvgIpc) is 2.41. The molecule has 0 aliphatic carbocycles. The summed E-state index contributed by atoms with van der Waals surface area (Å²) in [6.45, 7) is 0. The first-order valence-corrected chi connectivity index (χ1v) is 5.89. The molecule has 0 saturated carbocycles. The highest BCUT2D eigenvalue weighted by atomic mass is 35.5. The molecule has 6 heteroatoms. The van der Waals surface area contributed by atoms with Gasteiger partial charge in [-0.1, -0.05) is 17.7 Å². The van der Waals surface area contributed by atoms with Crippen LogP contribution in [0.5, 0.6) is 0 Å². The van der Waals surface area contributed by atoms with E-state index in [1.807, 2.05) is 18.2 Å². The van der Waals surface area contributed by atoms with Crippen LogP contribution in [0.3, 0.4) is 0 Å². The van der Waals surface area contributed by atoms with E-state index in [2.05, 4.69) is 20.4 Å². The summed E-state index contributed by atoms with van der Waals surface area (Å²) in [5, 5.41) is 6.27. The number of carbonyl (C=O) groups excluding carboxylic acids is 1. The lowest BCUT2D eigenvalue weighted by molar-refractivity contribution is 0.187. The number of rotatable bonds is 3. The molecule has 2 N–H and O–H groups in total. The molecular weight excluding hydrogens is 266 g/mol. The number of nitrogens with zero attached hydrogens (tertiary/aromatic N) is 1. The normalized spacial score (nSPS) is 9.79. The molecule has 0 atom stereocenters. The number of carbonyl (C=O) groups is 1. The fraction of sp³-hybridized carbons (Fsp3) is 0.0769. The molecule has 0 fully saturated rings. The lowest BCUT2D eigenvalue weighted by atomic mass is 10.3. The topological polar surface area (TPSA) is 63.2 Å². The largest absolute Gasteiger partial charge is 0.453 e. The highest BCUT2D eigenvalue weighted by Crippen LogP contribution is 2.20. The molecule has 1 heterocycles.